The average molecular weight is 447 g/mol. The number of amides is 1. The first-order valence-corrected chi connectivity index (χ1v) is 9.86. The van der Waals surface area contributed by atoms with Gasteiger partial charge in [-0.3, -0.25) is 9.20 Å². The van der Waals surface area contributed by atoms with Gasteiger partial charge in [0.15, 0.2) is 4.96 Å². The predicted molar refractivity (Wildman–Crippen MR) is 110 cm³/mol. The van der Waals surface area contributed by atoms with Crippen LogP contribution in [-0.2, 0) is 0 Å². The maximum absolute atomic E-state index is 12.4. The first-order valence-electron chi connectivity index (χ1n) is 7.81. The second-order valence-corrected chi connectivity index (χ2v) is 7.97. The third kappa shape index (κ3) is 3.28. The lowest BCUT2D eigenvalue weighted by atomic mass is 10.1. The fourth-order valence-corrected chi connectivity index (χ4v) is 4.04. The molecule has 0 saturated carbocycles. The van der Waals surface area contributed by atoms with Gasteiger partial charge in [-0.25, -0.2) is 4.98 Å². The molecule has 0 radical (unpaired) electrons. The molecule has 0 fully saturated rings. The van der Waals surface area contributed by atoms with Crippen LogP contribution in [0.3, 0.4) is 0 Å². The van der Waals surface area contributed by atoms with Crippen molar-refractivity contribution in [1.82, 2.24) is 9.38 Å². The van der Waals surface area contributed by atoms with Crippen molar-refractivity contribution in [2.24, 2.45) is 0 Å². The lowest BCUT2D eigenvalue weighted by Crippen LogP contribution is -2.12. The Labute approximate surface area is 167 Å². The zero-order valence-corrected chi connectivity index (χ0v) is 16.8. The van der Waals surface area contributed by atoms with E-state index >= 15 is 0 Å². The van der Waals surface area contributed by atoms with Crippen LogP contribution in [-0.4, -0.2) is 15.3 Å². The van der Waals surface area contributed by atoms with Gasteiger partial charge in [0.1, 0.15) is 0 Å². The van der Waals surface area contributed by atoms with Crippen molar-refractivity contribution in [3.63, 3.8) is 0 Å². The Morgan fingerprint density at radius 1 is 1.23 bits per heavy atom. The molecule has 2 aromatic carbocycles. The largest absolute Gasteiger partial charge is 0.322 e. The molecule has 0 bridgehead atoms. The van der Waals surface area contributed by atoms with Gasteiger partial charge in [0.2, 0.25) is 0 Å². The van der Waals surface area contributed by atoms with Gasteiger partial charge in [0, 0.05) is 33.0 Å². The number of aryl methyl sites for hydroxylation is 1. The summed E-state index contributed by atoms with van der Waals surface area (Å²) in [5.74, 6) is -0.248. The number of nitrogens with one attached hydrogen (secondary N) is 1. The van der Waals surface area contributed by atoms with E-state index in [2.05, 4.69) is 42.9 Å². The Bertz CT molecular complexity index is 1120. The molecule has 2 aromatic heterocycles. The number of hydrogen-bond acceptors (Lipinski definition) is 3. The molecule has 0 saturated heterocycles. The van der Waals surface area contributed by atoms with Crippen molar-refractivity contribution in [2.75, 3.05) is 5.32 Å². The molecule has 130 valence electrons. The highest BCUT2D eigenvalue weighted by atomic mass is 79.9. The van der Waals surface area contributed by atoms with Crippen LogP contribution < -0.4 is 5.32 Å². The highest BCUT2D eigenvalue weighted by Crippen LogP contribution is 2.26. The van der Waals surface area contributed by atoms with E-state index in [1.54, 1.807) is 29.5 Å². The summed E-state index contributed by atoms with van der Waals surface area (Å²) < 4.78 is 2.88. The zero-order chi connectivity index (χ0) is 18.3. The Morgan fingerprint density at radius 3 is 2.73 bits per heavy atom. The first kappa shape index (κ1) is 17.3. The maximum atomic E-state index is 12.4. The van der Waals surface area contributed by atoms with E-state index < -0.39 is 0 Å². The van der Waals surface area contributed by atoms with Gasteiger partial charge in [-0.15, -0.1) is 11.3 Å². The number of fused-ring (bicyclic) bond motifs is 1. The number of thiazole rings is 1. The van der Waals surface area contributed by atoms with Crippen LogP contribution in [0.2, 0.25) is 5.02 Å². The number of imidazole rings is 1. The van der Waals surface area contributed by atoms with Gasteiger partial charge in [-0.05, 0) is 37.3 Å². The monoisotopic (exact) mass is 445 g/mol. The molecule has 1 N–H and O–H groups in total. The summed E-state index contributed by atoms with van der Waals surface area (Å²) in [5, 5.41) is 5.36. The molecule has 0 unspecified atom stereocenters. The van der Waals surface area contributed by atoms with Crippen LogP contribution in [0, 0.1) is 6.92 Å². The molecule has 7 heteroatoms. The van der Waals surface area contributed by atoms with Crippen LogP contribution in [0.5, 0.6) is 0 Å². The Balaban J connectivity index is 1.55. The second kappa shape index (κ2) is 6.87. The average Bonchev–Trinajstić information content (AvgIpc) is 3.20. The number of rotatable bonds is 3. The van der Waals surface area contributed by atoms with Gasteiger partial charge in [-0.1, -0.05) is 39.7 Å². The zero-order valence-electron chi connectivity index (χ0n) is 13.7. The number of aromatic nitrogens is 2. The fourth-order valence-electron chi connectivity index (χ4n) is 2.63. The molecule has 4 aromatic rings. The van der Waals surface area contributed by atoms with E-state index in [0.29, 0.717) is 16.3 Å². The molecule has 26 heavy (non-hydrogen) atoms. The molecular formula is C19H13BrClN3OS. The summed E-state index contributed by atoms with van der Waals surface area (Å²) in [6.45, 7) is 2.06. The summed E-state index contributed by atoms with van der Waals surface area (Å²) in [7, 11) is 0. The van der Waals surface area contributed by atoms with E-state index in [-0.39, 0.29) is 5.91 Å². The molecule has 2 heterocycles. The van der Waals surface area contributed by atoms with E-state index in [4.69, 9.17) is 11.6 Å². The van der Waals surface area contributed by atoms with Crippen molar-refractivity contribution in [2.45, 2.75) is 6.92 Å². The van der Waals surface area contributed by atoms with Crippen molar-refractivity contribution in [3.8, 4) is 11.3 Å². The predicted octanol–water partition coefficient (Wildman–Crippen LogP) is 6.04. The number of benzene rings is 2. The highest BCUT2D eigenvalue weighted by Gasteiger charge is 2.12. The number of anilines is 1. The van der Waals surface area contributed by atoms with Crippen LogP contribution in [0.1, 0.15) is 16.1 Å². The molecule has 0 aliphatic carbocycles. The van der Waals surface area contributed by atoms with E-state index in [9.17, 15) is 4.79 Å². The van der Waals surface area contributed by atoms with E-state index in [1.807, 2.05) is 30.5 Å². The Hall–Kier alpha value is -2.15. The minimum absolute atomic E-state index is 0.248. The minimum Gasteiger partial charge on any atom is -0.322 e. The third-order valence-corrected chi connectivity index (χ3v) is 5.78. The molecule has 4 rings (SSSR count). The molecule has 1 amide bonds. The van der Waals surface area contributed by atoms with Crippen molar-refractivity contribution in [1.29, 1.82) is 0 Å². The van der Waals surface area contributed by atoms with Gasteiger partial charge in [-0.2, -0.15) is 0 Å². The lowest BCUT2D eigenvalue weighted by molar-refractivity contribution is 0.102. The number of nitrogens with zero attached hydrogens (tertiary/aromatic N) is 2. The minimum atomic E-state index is -0.248. The summed E-state index contributed by atoms with van der Waals surface area (Å²) in [4.78, 5) is 18.0. The van der Waals surface area contributed by atoms with Crippen LogP contribution in [0.15, 0.2) is 58.5 Å². The third-order valence-electron chi connectivity index (χ3n) is 4.00. The van der Waals surface area contributed by atoms with Gasteiger partial charge in [0.05, 0.1) is 16.3 Å². The lowest BCUT2D eigenvalue weighted by Gasteiger charge is -2.08. The van der Waals surface area contributed by atoms with Crippen molar-refractivity contribution < 1.29 is 4.79 Å². The quantitative estimate of drug-likeness (QED) is 0.417. The van der Waals surface area contributed by atoms with E-state index in [1.165, 1.54) is 5.69 Å². The fraction of sp³-hybridized carbons (Fsp3) is 0.0526. The molecule has 0 aliphatic rings. The van der Waals surface area contributed by atoms with Crippen LogP contribution in [0.4, 0.5) is 5.69 Å². The van der Waals surface area contributed by atoms with Gasteiger partial charge >= 0.3 is 0 Å². The summed E-state index contributed by atoms with van der Waals surface area (Å²) in [5.41, 5.74) is 4.20. The normalized spacial score (nSPS) is 11.0. The molecule has 0 spiro atoms. The smallest absolute Gasteiger partial charge is 0.257 e. The van der Waals surface area contributed by atoms with E-state index in [0.717, 1.165) is 20.7 Å². The molecule has 0 aliphatic heterocycles. The number of hydrogen-bond donors (Lipinski definition) is 1. The Kier molecular flexibility index (Phi) is 4.56. The standard InChI is InChI=1S/C19H13BrClN3OS/c1-11-10-26-19-23-17(9-24(11)19)12-2-5-14(6-3-12)22-18(25)15-8-13(20)4-7-16(15)21/h2-10H,1H3,(H,22,25). The SMILES string of the molecule is Cc1csc2nc(-c3ccc(NC(=O)c4cc(Br)ccc4Cl)cc3)cn12. The van der Waals surface area contributed by atoms with Crippen molar-refractivity contribution >= 4 is 55.4 Å². The molecular weight excluding hydrogens is 434 g/mol. The summed E-state index contributed by atoms with van der Waals surface area (Å²) in [6, 6.07) is 12.8. The van der Waals surface area contributed by atoms with Gasteiger partial charge < -0.3 is 5.32 Å². The highest BCUT2D eigenvalue weighted by molar-refractivity contribution is 9.10. The Morgan fingerprint density at radius 2 is 2.00 bits per heavy atom. The van der Waals surface area contributed by atoms with Crippen LogP contribution in [0.25, 0.3) is 16.2 Å². The van der Waals surface area contributed by atoms with Crippen LogP contribution >= 0.6 is 38.9 Å². The molecule has 0 atom stereocenters. The first-order chi connectivity index (χ1) is 12.5. The number of carbonyl (C=O) groups is 1. The maximum Gasteiger partial charge on any atom is 0.257 e. The summed E-state index contributed by atoms with van der Waals surface area (Å²) >= 11 is 11.1. The van der Waals surface area contributed by atoms with Gasteiger partial charge in [0.25, 0.3) is 5.91 Å². The summed E-state index contributed by atoms with van der Waals surface area (Å²) in [6.07, 6.45) is 2.02. The number of halogens is 2. The topological polar surface area (TPSA) is 46.4 Å². The second-order valence-electron chi connectivity index (χ2n) is 5.81. The van der Waals surface area contributed by atoms with Crippen molar-refractivity contribution in [3.05, 3.63) is 74.8 Å². The molecule has 4 nitrogen and oxygen atoms in total. The number of carbonyl (C=O) groups excluding carboxylic acids is 1.